The lowest BCUT2D eigenvalue weighted by Crippen LogP contribution is -2.10. The largest absolute Gasteiger partial charge is 0.392 e. The molecule has 1 N–H and O–H groups in total. The molecule has 0 atom stereocenters. The van der Waals surface area contributed by atoms with Crippen LogP contribution in [0.5, 0.6) is 0 Å². The Morgan fingerprint density at radius 2 is 1.65 bits per heavy atom. The highest BCUT2D eigenvalue weighted by atomic mass is 16.3. The predicted octanol–water partition coefficient (Wildman–Crippen LogP) is 5.70. The average Bonchev–Trinajstić information content (AvgIpc) is 2.62. The van der Waals surface area contributed by atoms with Crippen molar-refractivity contribution >= 4 is 0 Å². The van der Waals surface area contributed by atoms with Crippen LogP contribution in [0.25, 0.3) is 11.1 Å². The van der Waals surface area contributed by atoms with E-state index in [9.17, 15) is 5.11 Å². The molecule has 1 heteroatoms. The number of aliphatic hydroxyl groups is 1. The van der Waals surface area contributed by atoms with E-state index in [4.69, 9.17) is 0 Å². The Balaban J connectivity index is 1.82. The molecule has 0 aliphatic heterocycles. The zero-order chi connectivity index (χ0) is 16.2. The topological polar surface area (TPSA) is 20.2 Å². The molecular formula is C22H28O. The summed E-state index contributed by atoms with van der Waals surface area (Å²) in [6.45, 7) is 4.67. The van der Waals surface area contributed by atoms with E-state index in [0.717, 1.165) is 23.8 Å². The van der Waals surface area contributed by atoms with E-state index in [1.54, 1.807) is 0 Å². The highest BCUT2D eigenvalue weighted by Crippen LogP contribution is 2.36. The third-order valence-electron chi connectivity index (χ3n) is 5.44. The van der Waals surface area contributed by atoms with Crippen molar-refractivity contribution in [1.82, 2.24) is 0 Å². The summed E-state index contributed by atoms with van der Waals surface area (Å²) >= 11 is 0. The number of aryl methyl sites for hydroxylation is 1. The van der Waals surface area contributed by atoms with Gasteiger partial charge < -0.3 is 5.11 Å². The minimum Gasteiger partial charge on any atom is -0.392 e. The minimum atomic E-state index is 0.117. The number of hydrogen-bond donors (Lipinski definition) is 1. The Morgan fingerprint density at radius 1 is 0.957 bits per heavy atom. The molecular weight excluding hydrogens is 280 g/mol. The van der Waals surface area contributed by atoms with Crippen molar-refractivity contribution in [3.05, 3.63) is 59.2 Å². The summed E-state index contributed by atoms with van der Waals surface area (Å²) in [5.41, 5.74) is 6.41. The van der Waals surface area contributed by atoms with E-state index >= 15 is 0 Å². The van der Waals surface area contributed by atoms with Crippen molar-refractivity contribution in [1.29, 1.82) is 0 Å². The molecule has 0 aromatic heterocycles. The molecule has 0 heterocycles. The van der Waals surface area contributed by atoms with Gasteiger partial charge in [-0.25, -0.2) is 0 Å². The van der Waals surface area contributed by atoms with E-state index in [2.05, 4.69) is 50.2 Å². The number of rotatable bonds is 4. The Hall–Kier alpha value is -1.60. The molecule has 1 aliphatic rings. The van der Waals surface area contributed by atoms with E-state index in [1.165, 1.54) is 47.9 Å². The van der Waals surface area contributed by atoms with Gasteiger partial charge in [-0.1, -0.05) is 69.2 Å². The summed E-state index contributed by atoms with van der Waals surface area (Å²) in [5, 5.41) is 9.32. The van der Waals surface area contributed by atoms with Crippen molar-refractivity contribution < 1.29 is 5.11 Å². The van der Waals surface area contributed by atoms with Gasteiger partial charge in [-0.05, 0) is 58.9 Å². The summed E-state index contributed by atoms with van der Waals surface area (Å²) in [6, 6.07) is 15.5. The first-order chi connectivity index (χ1) is 11.2. The van der Waals surface area contributed by atoms with E-state index in [-0.39, 0.29) is 6.61 Å². The van der Waals surface area contributed by atoms with Gasteiger partial charge in [0.15, 0.2) is 0 Å². The van der Waals surface area contributed by atoms with Crippen LogP contribution in [-0.2, 0) is 13.0 Å². The lowest BCUT2D eigenvalue weighted by molar-refractivity contribution is 0.282. The van der Waals surface area contributed by atoms with Crippen LogP contribution in [0.15, 0.2) is 42.5 Å². The molecule has 0 spiro atoms. The highest BCUT2D eigenvalue weighted by Gasteiger charge is 2.19. The Bertz CT molecular complexity index is 634. The smallest absolute Gasteiger partial charge is 0.0681 e. The van der Waals surface area contributed by atoms with Crippen LogP contribution < -0.4 is 0 Å². The van der Waals surface area contributed by atoms with Crippen molar-refractivity contribution in [2.24, 2.45) is 5.92 Å². The maximum absolute atomic E-state index is 9.32. The monoisotopic (exact) mass is 308 g/mol. The second kappa shape index (κ2) is 7.31. The first kappa shape index (κ1) is 16.3. The van der Waals surface area contributed by atoms with E-state index in [1.807, 2.05) is 6.07 Å². The van der Waals surface area contributed by atoms with Gasteiger partial charge in [0.05, 0.1) is 6.61 Å². The standard InChI is InChI=1S/C22H28O/c1-3-18-14-17(15-23)6-13-22(18)21-11-9-20(10-12-21)19-7-4-16(2)5-8-19/h6,9-14,16,19,23H,3-5,7-8,15H2,1-2H3. The van der Waals surface area contributed by atoms with Crippen LogP contribution >= 0.6 is 0 Å². The zero-order valence-electron chi connectivity index (χ0n) is 14.4. The zero-order valence-corrected chi connectivity index (χ0v) is 14.4. The molecule has 0 radical (unpaired) electrons. The average molecular weight is 308 g/mol. The number of aliphatic hydroxyl groups excluding tert-OH is 1. The van der Waals surface area contributed by atoms with Crippen LogP contribution in [0.2, 0.25) is 0 Å². The van der Waals surface area contributed by atoms with Crippen molar-refractivity contribution in [3.63, 3.8) is 0 Å². The minimum absolute atomic E-state index is 0.117. The van der Waals surface area contributed by atoms with Gasteiger partial charge in [-0.3, -0.25) is 0 Å². The quantitative estimate of drug-likeness (QED) is 0.768. The fraction of sp³-hybridized carbons (Fsp3) is 0.455. The van der Waals surface area contributed by atoms with Crippen LogP contribution in [0.1, 0.15) is 62.1 Å². The number of hydrogen-bond acceptors (Lipinski definition) is 1. The molecule has 23 heavy (non-hydrogen) atoms. The first-order valence-corrected chi connectivity index (χ1v) is 9.04. The van der Waals surface area contributed by atoms with Crippen molar-refractivity contribution in [3.8, 4) is 11.1 Å². The molecule has 0 amide bonds. The Labute approximate surface area is 140 Å². The van der Waals surface area contributed by atoms with Gasteiger partial charge in [0.25, 0.3) is 0 Å². The molecule has 3 rings (SSSR count). The van der Waals surface area contributed by atoms with Gasteiger partial charge in [-0.2, -0.15) is 0 Å². The van der Waals surface area contributed by atoms with Gasteiger partial charge in [-0.15, -0.1) is 0 Å². The van der Waals surface area contributed by atoms with E-state index < -0.39 is 0 Å². The molecule has 2 aromatic rings. The molecule has 0 unspecified atom stereocenters. The third-order valence-corrected chi connectivity index (χ3v) is 5.44. The maximum atomic E-state index is 9.32. The molecule has 1 saturated carbocycles. The van der Waals surface area contributed by atoms with Crippen molar-refractivity contribution in [2.45, 2.75) is 58.5 Å². The van der Waals surface area contributed by atoms with Crippen molar-refractivity contribution in [2.75, 3.05) is 0 Å². The maximum Gasteiger partial charge on any atom is 0.0681 e. The Kier molecular flexibility index (Phi) is 5.17. The lowest BCUT2D eigenvalue weighted by Gasteiger charge is -2.26. The number of benzene rings is 2. The van der Waals surface area contributed by atoms with Crippen LogP contribution in [0, 0.1) is 5.92 Å². The van der Waals surface area contributed by atoms with Crippen LogP contribution in [0.4, 0.5) is 0 Å². The summed E-state index contributed by atoms with van der Waals surface area (Å²) in [7, 11) is 0. The summed E-state index contributed by atoms with van der Waals surface area (Å²) < 4.78 is 0. The molecule has 122 valence electrons. The van der Waals surface area contributed by atoms with Gasteiger partial charge in [0.1, 0.15) is 0 Å². The van der Waals surface area contributed by atoms with Crippen LogP contribution in [-0.4, -0.2) is 5.11 Å². The molecule has 0 bridgehead atoms. The fourth-order valence-corrected chi connectivity index (χ4v) is 3.85. The normalized spacial score (nSPS) is 21.3. The molecule has 2 aromatic carbocycles. The lowest BCUT2D eigenvalue weighted by atomic mass is 9.79. The van der Waals surface area contributed by atoms with Gasteiger partial charge in [0, 0.05) is 0 Å². The van der Waals surface area contributed by atoms with E-state index in [0.29, 0.717) is 0 Å². The second-order valence-corrected chi connectivity index (χ2v) is 7.08. The fourth-order valence-electron chi connectivity index (χ4n) is 3.85. The predicted molar refractivity (Wildman–Crippen MR) is 97.6 cm³/mol. The first-order valence-electron chi connectivity index (χ1n) is 9.04. The molecule has 0 saturated heterocycles. The highest BCUT2D eigenvalue weighted by molar-refractivity contribution is 5.68. The molecule has 1 nitrogen and oxygen atoms in total. The summed E-state index contributed by atoms with van der Waals surface area (Å²) in [4.78, 5) is 0. The third kappa shape index (κ3) is 3.67. The second-order valence-electron chi connectivity index (χ2n) is 7.08. The molecule has 1 fully saturated rings. The summed E-state index contributed by atoms with van der Waals surface area (Å²) in [6.07, 6.45) is 6.41. The molecule has 1 aliphatic carbocycles. The summed E-state index contributed by atoms with van der Waals surface area (Å²) in [5.74, 6) is 1.66. The Morgan fingerprint density at radius 3 is 2.26 bits per heavy atom. The SMILES string of the molecule is CCc1cc(CO)ccc1-c1ccc(C2CCC(C)CC2)cc1. The van der Waals surface area contributed by atoms with Gasteiger partial charge in [0.2, 0.25) is 0 Å². The van der Waals surface area contributed by atoms with Crippen LogP contribution in [0.3, 0.4) is 0 Å². The van der Waals surface area contributed by atoms with Gasteiger partial charge >= 0.3 is 0 Å².